The molecule has 1 amide bonds. The topological polar surface area (TPSA) is 88.1 Å². The molecule has 32 heavy (non-hydrogen) atoms. The van der Waals surface area contributed by atoms with E-state index in [9.17, 15) is 13.2 Å². The van der Waals surface area contributed by atoms with Crippen LogP contribution in [0.2, 0.25) is 5.02 Å². The fourth-order valence-electron chi connectivity index (χ4n) is 2.85. The van der Waals surface area contributed by atoms with E-state index in [1.54, 1.807) is 73.7 Å². The van der Waals surface area contributed by atoms with Crippen molar-refractivity contribution in [1.82, 2.24) is 5.43 Å². The molecule has 0 fully saturated rings. The van der Waals surface area contributed by atoms with Crippen molar-refractivity contribution in [2.24, 2.45) is 5.10 Å². The van der Waals surface area contributed by atoms with Gasteiger partial charge < -0.3 is 4.74 Å². The van der Waals surface area contributed by atoms with Crippen molar-refractivity contribution in [3.05, 3.63) is 89.4 Å². The van der Waals surface area contributed by atoms with Gasteiger partial charge in [-0.1, -0.05) is 41.9 Å². The number of amides is 1. The highest BCUT2D eigenvalue weighted by molar-refractivity contribution is 7.92. The normalized spacial score (nSPS) is 11.7. The zero-order valence-electron chi connectivity index (χ0n) is 17.5. The summed E-state index contributed by atoms with van der Waals surface area (Å²) in [6.07, 6.45) is 0. The summed E-state index contributed by atoms with van der Waals surface area (Å²) in [4.78, 5) is 12.7. The minimum atomic E-state index is -4.00. The Kier molecular flexibility index (Phi) is 7.50. The number of hydrogen-bond acceptors (Lipinski definition) is 5. The van der Waals surface area contributed by atoms with E-state index in [1.807, 2.05) is 0 Å². The minimum absolute atomic E-state index is 0.0736. The summed E-state index contributed by atoms with van der Waals surface area (Å²) in [5, 5.41) is 4.68. The van der Waals surface area contributed by atoms with Crippen LogP contribution in [0.5, 0.6) is 5.75 Å². The van der Waals surface area contributed by atoms with E-state index >= 15 is 0 Å². The Morgan fingerprint density at radius 3 is 2.22 bits per heavy atom. The Bertz CT molecular complexity index is 1200. The predicted octanol–water partition coefficient (Wildman–Crippen LogP) is 4.08. The van der Waals surface area contributed by atoms with E-state index < -0.39 is 22.5 Å². The van der Waals surface area contributed by atoms with Crippen molar-refractivity contribution < 1.29 is 17.9 Å². The molecule has 3 aromatic carbocycles. The summed E-state index contributed by atoms with van der Waals surface area (Å²) in [5.41, 5.74) is 4.08. The first kappa shape index (κ1) is 23.3. The number of nitrogens with zero attached hydrogens (tertiary/aromatic N) is 2. The van der Waals surface area contributed by atoms with Crippen LogP contribution in [0.4, 0.5) is 5.69 Å². The van der Waals surface area contributed by atoms with Gasteiger partial charge in [0.1, 0.15) is 12.3 Å². The van der Waals surface area contributed by atoms with Crippen molar-refractivity contribution in [1.29, 1.82) is 0 Å². The molecule has 0 saturated carbocycles. The summed E-state index contributed by atoms with van der Waals surface area (Å²) in [6.45, 7) is 1.27. The lowest BCUT2D eigenvalue weighted by Gasteiger charge is -2.24. The van der Waals surface area contributed by atoms with E-state index in [4.69, 9.17) is 16.3 Å². The van der Waals surface area contributed by atoms with Crippen molar-refractivity contribution in [2.45, 2.75) is 11.8 Å². The second kappa shape index (κ2) is 10.3. The van der Waals surface area contributed by atoms with Crippen LogP contribution in [0.25, 0.3) is 0 Å². The van der Waals surface area contributed by atoms with Crippen LogP contribution < -0.4 is 14.5 Å². The molecule has 0 radical (unpaired) electrons. The average molecular weight is 472 g/mol. The second-order valence-corrected chi connectivity index (χ2v) is 9.06. The Hall–Kier alpha value is -3.36. The van der Waals surface area contributed by atoms with Gasteiger partial charge in [0.2, 0.25) is 0 Å². The molecule has 3 rings (SSSR count). The second-order valence-electron chi connectivity index (χ2n) is 6.76. The van der Waals surface area contributed by atoms with Gasteiger partial charge in [-0.3, -0.25) is 9.10 Å². The summed E-state index contributed by atoms with van der Waals surface area (Å²) in [5.74, 6) is -0.0212. The van der Waals surface area contributed by atoms with Gasteiger partial charge in [0, 0.05) is 5.02 Å². The van der Waals surface area contributed by atoms with E-state index in [-0.39, 0.29) is 4.90 Å². The molecule has 7 nitrogen and oxygen atoms in total. The summed E-state index contributed by atoms with van der Waals surface area (Å²) in [6, 6.07) is 21.3. The van der Waals surface area contributed by atoms with E-state index in [0.717, 1.165) is 9.87 Å². The molecule has 166 valence electrons. The Morgan fingerprint density at radius 2 is 1.62 bits per heavy atom. The molecule has 0 aromatic heterocycles. The highest BCUT2D eigenvalue weighted by atomic mass is 35.5. The molecule has 0 bridgehead atoms. The quantitative estimate of drug-likeness (QED) is 0.396. The molecule has 0 aliphatic carbocycles. The standard InChI is InChI=1S/C23H22ClN3O4S/c1-17(18-8-10-19(24)11-9-18)25-26-23(28)16-27(20-12-14-21(31-2)15-13-20)32(29,30)22-6-4-3-5-7-22/h3-15H,16H2,1-2H3,(H,26,28)/b25-17-. The molecule has 0 aliphatic rings. The van der Waals surface area contributed by atoms with Gasteiger partial charge >= 0.3 is 0 Å². The zero-order chi connectivity index (χ0) is 23.1. The van der Waals surface area contributed by atoms with Crippen LogP contribution in [0.3, 0.4) is 0 Å². The number of carbonyl (C=O) groups is 1. The number of nitrogens with one attached hydrogen (secondary N) is 1. The maximum Gasteiger partial charge on any atom is 0.264 e. The lowest BCUT2D eigenvalue weighted by Crippen LogP contribution is -2.39. The third-order valence-electron chi connectivity index (χ3n) is 4.59. The highest BCUT2D eigenvalue weighted by Gasteiger charge is 2.27. The molecule has 3 aromatic rings. The van der Waals surface area contributed by atoms with Gasteiger partial charge in [-0.25, -0.2) is 13.8 Å². The highest BCUT2D eigenvalue weighted by Crippen LogP contribution is 2.25. The number of ether oxygens (including phenoxy) is 1. The summed E-state index contributed by atoms with van der Waals surface area (Å²) < 4.78 is 32.7. The molecule has 0 atom stereocenters. The van der Waals surface area contributed by atoms with Crippen molar-refractivity contribution in [3.63, 3.8) is 0 Å². The van der Waals surface area contributed by atoms with Crippen LogP contribution in [0, 0.1) is 0 Å². The van der Waals surface area contributed by atoms with Crippen molar-refractivity contribution in [2.75, 3.05) is 18.0 Å². The van der Waals surface area contributed by atoms with E-state index in [1.165, 1.54) is 19.2 Å². The first-order chi connectivity index (χ1) is 15.3. The molecule has 9 heteroatoms. The number of benzene rings is 3. The van der Waals surface area contributed by atoms with Gasteiger partial charge in [-0.05, 0) is 61.0 Å². The van der Waals surface area contributed by atoms with Gasteiger partial charge in [0.05, 0.1) is 23.4 Å². The molecular weight excluding hydrogens is 450 g/mol. The lowest BCUT2D eigenvalue weighted by atomic mass is 10.1. The minimum Gasteiger partial charge on any atom is -0.497 e. The third-order valence-corrected chi connectivity index (χ3v) is 6.63. The molecule has 0 unspecified atom stereocenters. The number of carbonyl (C=O) groups excluding carboxylic acids is 1. The molecule has 0 spiro atoms. The number of hydrogen-bond donors (Lipinski definition) is 1. The number of anilines is 1. The predicted molar refractivity (Wildman–Crippen MR) is 126 cm³/mol. The maximum absolute atomic E-state index is 13.3. The van der Waals surface area contributed by atoms with E-state index in [0.29, 0.717) is 22.2 Å². The fourth-order valence-corrected chi connectivity index (χ4v) is 4.42. The monoisotopic (exact) mass is 471 g/mol. The first-order valence-electron chi connectivity index (χ1n) is 9.62. The van der Waals surface area contributed by atoms with Crippen LogP contribution in [0.15, 0.2) is 88.9 Å². The van der Waals surface area contributed by atoms with Crippen LogP contribution >= 0.6 is 11.6 Å². The largest absolute Gasteiger partial charge is 0.497 e. The fraction of sp³-hybridized carbons (Fsp3) is 0.130. The molecular formula is C23H22ClN3O4S. The zero-order valence-corrected chi connectivity index (χ0v) is 19.1. The SMILES string of the molecule is COc1ccc(N(CC(=O)N/N=C(/C)c2ccc(Cl)cc2)S(=O)(=O)c2ccccc2)cc1. The third kappa shape index (κ3) is 5.66. The van der Waals surface area contributed by atoms with Gasteiger partial charge in [0.15, 0.2) is 0 Å². The average Bonchev–Trinajstić information content (AvgIpc) is 2.82. The van der Waals surface area contributed by atoms with E-state index in [2.05, 4.69) is 10.5 Å². The Labute approximate surface area is 192 Å². The summed E-state index contributed by atoms with van der Waals surface area (Å²) >= 11 is 5.89. The Morgan fingerprint density at radius 1 is 1.00 bits per heavy atom. The molecule has 0 heterocycles. The number of rotatable bonds is 8. The molecule has 1 N–H and O–H groups in total. The van der Waals surface area contributed by atoms with Crippen LogP contribution in [0.1, 0.15) is 12.5 Å². The van der Waals surface area contributed by atoms with Crippen molar-refractivity contribution in [3.8, 4) is 5.75 Å². The summed E-state index contributed by atoms with van der Waals surface area (Å²) in [7, 11) is -2.48. The Balaban J connectivity index is 1.85. The molecule has 0 aliphatic heterocycles. The van der Waals surface area contributed by atoms with Gasteiger partial charge in [-0.15, -0.1) is 0 Å². The number of methoxy groups -OCH3 is 1. The van der Waals surface area contributed by atoms with Gasteiger partial charge in [0.25, 0.3) is 15.9 Å². The first-order valence-corrected chi connectivity index (χ1v) is 11.4. The number of hydrazone groups is 1. The lowest BCUT2D eigenvalue weighted by molar-refractivity contribution is -0.119. The van der Waals surface area contributed by atoms with Gasteiger partial charge in [-0.2, -0.15) is 5.10 Å². The van der Waals surface area contributed by atoms with Crippen LogP contribution in [-0.2, 0) is 14.8 Å². The number of sulfonamides is 1. The number of halogens is 1. The van der Waals surface area contributed by atoms with Crippen LogP contribution in [-0.4, -0.2) is 33.7 Å². The maximum atomic E-state index is 13.3. The molecule has 0 saturated heterocycles. The smallest absolute Gasteiger partial charge is 0.264 e. The van der Waals surface area contributed by atoms with Crippen molar-refractivity contribution >= 4 is 38.9 Å².